The van der Waals surface area contributed by atoms with Crippen molar-refractivity contribution in [2.24, 2.45) is 0 Å². The van der Waals surface area contributed by atoms with Gasteiger partial charge in [-0.15, -0.1) is 0 Å². The molecule has 0 saturated carbocycles. The van der Waals surface area contributed by atoms with Gasteiger partial charge >= 0.3 is 5.97 Å². The van der Waals surface area contributed by atoms with E-state index < -0.39 is 11.9 Å². The summed E-state index contributed by atoms with van der Waals surface area (Å²) in [6.07, 6.45) is 0. The largest absolute Gasteiger partial charge is 0.462 e. The molecule has 1 aliphatic heterocycles. The van der Waals surface area contributed by atoms with Gasteiger partial charge in [-0.25, -0.2) is 4.79 Å². The lowest BCUT2D eigenvalue weighted by molar-refractivity contribution is -0.138. The number of benzene rings is 1. The minimum atomic E-state index is -0.818. The quantitative estimate of drug-likeness (QED) is 0.474. The number of nitriles is 1. The average molecular weight is 257 g/mol. The van der Waals surface area contributed by atoms with Crippen LogP contribution in [0.25, 0.3) is 0 Å². The first-order chi connectivity index (χ1) is 9.17. The van der Waals surface area contributed by atoms with Crippen LogP contribution in [0.1, 0.15) is 6.92 Å². The van der Waals surface area contributed by atoms with Crippen LogP contribution in [0.2, 0.25) is 0 Å². The fourth-order valence-corrected chi connectivity index (χ4v) is 1.66. The van der Waals surface area contributed by atoms with Gasteiger partial charge in [0.1, 0.15) is 11.8 Å². The van der Waals surface area contributed by atoms with Crippen molar-refractivity contribution in [2.75, 3.05) is 17.2 Å². The summed E-state index contributed by atoms with van der Waals surface area (Å²) in [6.45, 7) is 1.76. The molecule has 1 heterocycles. The Balaban J connectivity index is 2.43. The number of para-hydroxylation sites is 2. The molecule has 19 heavy (non-hydrogen) atoms. The van der Waals surface area contributed by atoms with Gasteiger partial charge in [-0.05, 0) is 19.1 Å². The van der Waals surface area contributed by atoms with Crippen molar-refractivity contribution in [1.29, 1.82) is 5.26 Å². The standard InChI is InChI=1S/C13H11N3O3/c1-2-19-13(18)8(7-14)11-12(17)16-10-6-4-3-5-9(10)15-11/h3-6,15H,2H2,1H3,(H,16,17)/b11-8-. The Bertz CT molecular complexity index is 614. The number of rotatable bonds is 2. The second-order valence-electron chi connectivity index (χ2n) is 3.71. The normalized spacial score (nSPS) is 15.5. The van der Waals surface area contributed by atoms with Crippen molar-refractivity contribution >= 4 is 23.3 Å². The Labute approximate surface area is 109 Å². The number of carbonyl (C=O) groups excluding carboxylic acids is 2. The lowest BCUT2D eigenvalue weighted by Gasteiger charge is -2.21. The van der Waals surface area contributed by atoms with Crippen LogP contribution in [0.5, 0.6) is 0 Å². The fourth-order valence-electron chi connectivity index (χ4n) is 1.66. The molecule has 1 aromatic rings. The van der Waals surface area contributed by atoms with Crippen molar-refractivity contribution < 1.29 is 14.3 Å². The summed E-state index contributed by atoms with van der Waals surface area (Å²) in [5.74, 6) is -1.36. The van der Waals surface area contributed by atoms with Crippen molar-refractivity contribution in [3.8, 4) is 6.07 Å². The predicted molar refractivity (Wildman–Crippen MR) is 68.0 cm³/mol. The Kier molecular flexibility index (Phi) is 3.48. The molecule has 6 heteroatoms. The highest BCUT2D eigenvalue weighted by Crippen LogP contribution is 2.28. The number of nitrogens with zero attached hydrogens (tertiary/aromatic N) is 1. The van der Waals surface area contributed by atoms with E-state index in [1.165, 1.54) is 0 Å². The molecule has 0 radical (unpaired) electrons. The van der Waals surface area contributed by atoms with E-state index in [1.807, 2.05) is 0 Å². The summed E-state index contributed by atoms with van der Waals surface area (Å²) in [7, 11) is 0. The van der Waals surface area contributed by atoms with Gasteiger partial charge in [0.2, 0.25) is 0 Å². The number of fused-ring (bicyclic) bond motifs is 1. The SMILES string of the molecule is CCOC(=O)/C(C#N)=C1\Nc2ccccc2NC1=O. The second kappa shape index (κ2) is 5.23. The third-order valence-electron chi connectivity index (χ3n) is 2.50. The fraction of sp³-hybridized carbons (Fsp3) is 0.154. The van der Waals surface area contributed by atoms with Gasteiger partial charge in [0.15, 0.2) is 5.57 Å². The minimum Gasteiger partial charge on any atom is -0.462 e. The smallest absolute Gasteiger partial charge is 0.351 e. The van der Waals surface area contributed by atoms with Gasteiger partial charge in [-0.3, -0.25) is 4.79 Å². The van der Waals surface area contributed by atoms with E-state index in [0.29, 0.717) is 11.4 Å². The summed E-state index contributed by atoms with van der Waals surface area (Å²) in [5, 5.41) is 14.4. The summed E-state index contributed by atoms with van der Waals surface area (Å²) in [6, 6.07) is 8.69. The van der Waals surface area contributed by atoms with E-state index in [9.17, 15) is 9.59 Å². The Morgan fingerprint density at radius 1 is 1.32 bits per heavy atom. The van der Waals surface area contributed by atoms with Crippen LogP contribution in [0, 0.1) is 11.3 Å². The maximum Gasteiger partial charge on any atom is 0.351 e. The van der Waals surface area contributed by atoms with Crippen molar-refractivity contribution in [2.45, 2.75) is 6.92 Å². The summed E-state index contributed by atoms with van der Waals surface area (Å²) in [5.41, 5.74) is 0.778. The highest BCUT2D eigenvalue weighted by molar-refractivity contribution is 6.15. The Morgan fingerprint density at radius 2 is 1.95 bits per heavy atom. The molecular formula is C13H11N3O3. The molecule has 0 aliphatic carbocycles. The Hall–Kier alpha value is -2.81. The van der Waals surface area contributed by atoms with E-state index in [-0.39, 0.29) is 17.9 Å². The highest BCUT2D eigenvalue weighted by atomic mass is 16.5. The van der Waals surface area contributed by atoms with E-state index in [1.54, 1.807) is 37.3 Å². The number of esters is 1. The van der Waals surface area contributed by atoms with Crippen LogP contribution in [-0.4, -0.2) is 18.5 Å². The molecule has 0 bridgehead atoms. The number of ether oxygens (including phenoxy) is 1. The van der Waals surface area contributed by atoms with E-state index in [4.69, 9.17) is 10.00 Å². The molecule has 0 atom stereocenters. The summed E-state index contributed by atoms with van der Waals surface area (Å²) >= 11 is 0. The zero-order chi connectivity index (χ0) is 13.8. The molecule has 0 fully saturated rings. The van der Waals surface area contributed by atoms with Gasteiger partial charge in [-0.2, -0.15) is 5.26 Å². The first kappa shape index (κ1) is 12.6. The number of carbonyl (C=O) groups is 2. The van der Waals surface area contributed by atoms with Crippen LogP contribution in [-0.2, 0) is 14.3 Å². The monoisotopic (exact) mass is 257 g/mol. The molecule has 2 N–H and O–H groups in total. The van der Waals surface area contributed by atoms with Crippen LogP contribution in [0.3, 0.4) is 0 Å². The lowest BCUT2D eigenvalue weighted by atomic mass is 10.1. The third kappa shape index (κ3) is 2.40. The Morgan fingerprint density at radius 3 is 2.53 bits per heavy atom. The lowest BCUT2D eigenvalue weighted by Crippen LogP contribution is -2.28. The van der Waals surface area contributed by atoms with Crippen molar-refractivity contribution in [3.05, 3.63) is 35.5 Å². The topological polar surface area (TPSA) is 91.2 Å². The molecule has 0 spiro atoms. The number of anilines is 2. The predicted octanol–water partition coefficient (Wildman–Crippen LogP) is 1.39. The highest BCUT2D eigenvalue weighted by Gasteiger charge is 2.26. The summed E-state index contributed by atoms with van der Waals surface area (Å²) < 4.78 is 4.75. The van der Waals surface area contributed by atoms with E-state index in [0.717, 1.165) is 0 Å². The van der Waals surface area contributed by atoms with Gasteiger partial charge < -0.3 is 15.4 Å². The van der Waals surface area contributed by atoms with Gasteiger partial charge in [-0.1, -0.05) is 12.1 Å². The van der Waals surface area contributed by atoms with Gasteiger partial charge in [0.05, 0.1) is 18.0 Å². The van der Waals surface area contributed by atoms with E-state index >= 15 is 0 Å². The van der Waals surface area contributed by atoms with Crippen molar-refractivity contribution in [3.63, 3.8) is 0 Å². The number of nitrogens with one attached hydrogen (secondary N) is 2. The van der Waals surface area contributed by atoms with Crippen LogP contribution >= 0.6 is 0 Å². The first-order valence-corrected chi connectivity index (χ1v) is 5.66. The number of hydrogen-bond donors (Lipinski definition) is 2. The third-order valence-corrected chi connectivity index (χ3v) is 2.50. The summed E-state index contributed by atoms with van der Waals surface area (Å²) in [4.78, 5) is 23.5. The van der Waals surface area contributed by atoms with Gasteiger partial charge in [0.25, 0.3) is 5.91 Å². The zero-order valence-corrected chi connectivity index (χ0v) is 10.2. The molecule has 0 aromatic heterocycles. The molecule has 0 unspecified atom stereocenters. The van der Waals surface area contributed by atoms with Crippen molar-refractivity contribution in [1.82, 2.24) is 0 Å². The van der Waals surface area contributed by atoms with Crippen LogP contribution in [0.15, 0.2) is 35.5 Å². The van der Waals surface area contributed by atoms with Crippen LogP contribution < -0.4 is 10.6 Å². The maximum atomic E-state index is 11.9. The second-order valence-corrected chi connectivity index (χ2v) is 3.71. The van der Waals surface area contributed by atoms with Gasteiger partial charge in [0, 0.05) is 0 Å². The first-order valence-electron chi connectivity index (χ1n) is 5.66. The number of amides is 1. The number of hydrogen-bond acceptors (Lipinski definition) is 5. The molecular weight excluding hydrogens is 246 g/mol. The molecule has 1 aliphatic rings. The zero-order valence-electron chi connectivity index (χ0n) is 10.2. The molecule has 6 nitrogen and oxygen atoms in total. The average Bonchev–Trinajstić information content (AvgIpc) is 2.40. The molecule has 1 amide bonds. The van der Waals surface area contributed by atoms with E-state index in [2.05, 4.69) is 10.6 Å². The molecule has 1 aromatic carbocycles. The maximum absolute atomic E-state index is 11.9. The molecule has 2 rings (SSSR count). The minimum absolute atomic E-state index is 0.0975. The van der Waals surface area contributed by atoms with Crippen LogP contribution in [0.4, 0.5) is 11.4 Å². The molecule has 0 saturated heterocycles. The molecule has 96 valence electrons.